The Morgan fingerprint density at radius 1 is 0.882 bits per heavy atom. The van der Waals surface area contributed by atoms with E-state index in [0.717, 1.165) is 29.7 Å². The van der Waals surface area contributed by atoms with Crippen LogP contribution in [0.5, 0.6) is 0 Å². The third-order valence-electron chi connectivity index (χ3n) is 5.99. The Bertz CT molecular complexity index is 1320. The zero-order chi connectivity index (χ0) is 24.1. The fraction of sp³-hybridized carbons (Fsp3) is 0.241. The summed E-state index contributed by atoms with van der Waals surface area (Å²) in [5.41, 5.74) is 5.07. The highest BCUT2D eigenvalue weighted by molar-refractivity contribution is 5.95. The molecule has 0 spiro atoms. The molecule has 174 valence electrons. The Labute approximate surface area is 199 Å². The topological polar surface area (TPSA) is 64.2 Å². The second-order valence-electron chi connectivity index (χ2n) is 9.06. The summed E-state index contributed by atoms with van der Waals surface area (Å²) < 4.78 is 3.69. The Hall–Kier alpha value is -3.86. The molecule has 1 aromatic heterocycles. The average molecular weight is 455 g/mol. The molecule has 0 unspecified atom stereocenters. The Morgan fingerprint density at radius 3 is 2.24 bits per heavy atom. The predicted octanol–water partition coefficient (Wildman–Crippen LogP) is 5.50. The molecule has 5 nitrogen and oxygen atoms in total. The van der Waals surface area contributed by atoms with Crippen LogP contribution in [-0.2, 0) is 25.9 Å². The van der Waals surface area contributed by atoms with E-state index in [2.05, 4.69) is 26.0 Å². The zero-order valence-corrected chi connectivity index (χ0v) is 19.6. The van der Waals surface area contributed by atoms with Gasteiger partial charge < -0.3 is 5.11 Å². The second-order valence-corrected chi connectivity index (χ2v) is 9.06. The molecular formula is C29H30N2O3. The van der Waals surface area contributed by atoms with Gasteiger partial charge in [0, 0.05) is 18.4 Å². The number of imidazole rings is 1. The molecule has 5 heteroatoms. The summed E-state index contributed by atoms with van der Waals surface area (Å²) in [5.74, 6) is -0.507. The van der Waals surface area contributed by atoms with Crippen molar-refractivity contribution in [3.05, 3.63) is 118 Å². The molecule has 0 saturated carbocycles. The Morgan fingerprint density at radius 2 is 1.56 bits per heavy atom. The summed E-state index contributed by atoms with van der Waals surface area (Å²) in [7, 11) is 0. The zero-order valence-electron chi connectivity index (χ0n) is 19.6. The number of hydrogen-bond donors (Lipinski definition) is 1. The first kappa shape index (κ1) is 23.3. The minimum atomic E-state index is -0.943. The van der Waals surface area contributed by atoms with Crippen LogP contribution in [0.1, 0.15) is 41.0 Å². The van der Waals surface area contributed by atoms with Crippen LogP contribution < -0.4 is 5.69 Å². The highest BCUT2D eigenvalue weighted by atomic mass is 16.4. The maximum Gasteiger partial charge on any atom is 0.336 e. The molecule has 1 N–H and O–H groups in total. The van der Waals surface area contributed by atoms with E-state index in [-0.39, 0.29) is 11.3 Å². The van der Waals surface area contributed by atoms with E-state index in [1.54, 1.807) is 12.1 Å². The Balaban J connectivity index is 1.58. The van der Waals surface area contributed by atoms with Crippen molar-refractivity contribution in [3.8, 4) is 11.1 Å². The summed E-state index contributed by atoms with van der Waals surface area (Å²) in [6, 6.07) is 25.0. The molecule has 0 bridgehead atoms. The van der Waals surface area contributed by atoms with Crippen molar-refractivity contribution in [2.75, 3.05) is 0 Å². The summed E-state index contributed by atoms with van der Waals surface area (Å²) in [5, 5.41) is 9.49. The van der Waals surface area contributed by atoms with Crippen LogP contribution in [0.2, 0.25) is 0 Å². The first-order valence-electron chi connectivity index (χ1n) is 11.7. The van der Waals surface area contributed by atoms with Crippen LogP contribution in [0.3, 0.4) is 0 Å². The third kappa shape index (κ3) is 5.37. The smallest absolute Gasteiger partial charge is 0.336 e. The maximum atomic E-state index is 13.3. The summed E-state index contributed by atoms with van der Waals surface area (Å²) in [6.07, 6.45) is 3.64. The minimum Gasteiger partial charge on any atom is -0.478 e. The van der Waals surface area contributed by atoms with Gasteiger partial charge in [0.05, 0.1) is 12.1 Å². The van der Waals surface area contributed by atoms with Gasteiger partial charge in [-0.25, -0.2) is 9.59 Å². The van der Waals surface area contributed by atoms with Crippen LogP contribution in [0.15, 0.2) is 89.9 Å². The van der Waals surface area contributed by atoms with Crippen molar-refractivity contribution < 1.29 is 9.90 Å². The molecule has 3 aromatic carbocycles. The minimum absolute atomic E-state index is 0.00637. The van der Waals surface area contributed by atoms with Gasteiger partial charge in [-0.1, -0.05) is 86.6 Å². The van der Waals surface area contributed by atoms with Gasteiger partial charge in [-0.3, -0.25) is 9.13 Å². The molecule has 34 heavy (non-hydrogen) atoms. The summed E-state index contributed by atoms with van der Waals surface area (Å²) >= 11 is 0. The molecular weight excluding hydrogens is 424 g/mol. The summed E-state index contributed by atoms with van der Waals surface area (Å²) in [4.78, 5) is 24.8. The maximum absolute atomic E-state index is 13.3. The van der Waals surface area contributed by atoms with Gasteiger partial charge in [0.15, 0.2) is 0 Å². The van der Waals surface area contributed by atoms with Gasteiger partial charge in [0.2, 0.25) is 0 Å². The average Bonchev–Trinajstić information content (AvgIpc) is 3.12. The molecule has 0 saturated heterocycles. The van der Waals surface area contributed by atoms with E-state index >= 15 is 0 Å². The number of carboxylic acid groups (broad SMARTS) is 1. The monoisotopic (exact) mass is 454 g/mol. The molecule has 0 radical (unpaired) electrons. The van der Waals surface area contributed by atoms with E-state index in [1.165, 1.54) is 5.56 Å². The van der Waals surface area contributed by atoms with E-state index in [4.69, 9.17) is 0 Å². The number of carbonyl (C=O) groups is 1. The lowest BCUT2D eigenvalue weighted by molar-refractivity contribution is 0.0697. The lowest BCUT2D eigenvalue weighted by atomic mass is 9.98. The highest BCUT2D eigenvalue weighted by Crippen LogP contribution is 2.24. The fourth-order valence-corrected chi connectivity index (χ4v) is 4.28. The molecule has 0 aliphatic rings. The quantitative estimate of drug-likeness (QED) is 0.363. The summed E-state index contributed by atoms with van der Waals surface area (Å²) in [6.45, 7) is 5.45. The molecule has 0 amide bonds. The van der Waals surface area contributed by atoms with Crippen LogP contribution in [-0.4, -0.2) is 20.2 Å². The lowest BCUT2D eigenvalue weighted by Crippen LogP contribution is -2.26. The van der Waals surface area contributed by atoms with E-state index < -0.39 is 5.97 Å². The number of aryl methyl sites for hydroxylation is 2. The Kier molecular flexibility index (Phi) is 7.12. The first-order chi connectivity index (χ1) is 16.4. The molecule has 0 atom stereocenters. The number of carboxylic acids is 1. The van der Waals surface area contributed by atoms with Gasteiger partial charge in [-0.05, 0) is 47.1 Å². The van der Waals surface area contributed by atoms with Gasteiger partial charge in [-0.2, -0.15) is 0 Å². The van der Waals surface area contributed by atoms with Gasteiger partial charge in [0.25, 0.3) is 0 Å². The van der Waals surface area contributed by atoms with Crippen LogP contribution in [0, 0.1) is 5.92 Å². The largest absolute Gasteiger partial charge is 0.478 e. The lowest BCUT2D eigenvalue weighted by Gasteiger charge is -2.11. The number of rotatable bonds is 9. The molecule has 1 heterocycles. The molecule has 0 aliphatic heterocycles. The molecule has 4 aromatic rings. The molecule has 4 rings (SSSR count). The standard InChI is InChI=1S/C29H30N2O3/c1-21(2)18-25-20-30(17-16-22-8-4-3-5-9-22)29(34)31(25)19-23-12-14-24(15-13-23)26-10-6-7-11-27(26)28(32)33/h3-15,20-21H,16-19H2,1-2H3,(H,32,33). The van der Waals surface area contributed by atoms with Gasteiger partial charge >= 0.3 is 11.7 Å². The number of hydrogen-bond acceptors (Lipinski definition) is 2. The van der Waals surface area contributed by atoms with Crippen molar-refractivity contribution >= 4 is 5.97 Å². The SMILES string of the molecule is CC(C)Cc1cn(CCc2ccccc2)c(=O)n1Cc1ccc(-c2ccccc2C(=O)O)cc1. The van der Waals surface area contributed by atoms with Crippen molar-refractivity contribution in [1.82, 2.24) is 9.13 Å². The van der Waals surface area contributed by atoms with Gasteiger partial charge in [-0.15, -0.1) is 0 Å². The number of aromatic nitrogens is 2. The number of nitrogens with zero attached hydrogens (tertiary/aromatic N) is 2. The fourth-order valence-electron chi connectivity index (χ4n) is 4.28. The van der Waals surface area contributed by atoms with Crippen LogP contribution in [0.4, 0.5) is 0 Å². The first-order valence-corrected chi connectivity index (χ1v) is 11.7. The highest BCUT2D eigenvalue weighted by Gasteiger charge is 2.14. The van der Waals surface area contributed by atoms with Crippen LogP contribution in [0.25, 0.3) is 11.1 Å². The molecule has 0 aliphatic carbocycles. The van der Waals surface area contributed by atoms with E-state index in [0.29, 0.717) is 24.6 Å². The molecule has 0 fully saturated rings. The van der Waals surface area contributed by atoms with E-state index in [9.17, 15) is 14.7 Å². The number of aromatic carboxylic acids is 1. The van der Waals surface area contributed by atoms with Crippen molar-refractivity contribution in [3.63, 3.8) is 0 Å². The van der Waals surface area contributed by atoms with Crippen LogP contribution >= 0.6 is 0 Å². The van der Waals surface area contributed by atoms with Crippen molar-refractivity contribution in [2.24, 2.45) is 5.92 Å². The predicted molar refractivity (Wildman–Crippen MR) is 135 cm³/mol. The second kappa shape index (κ2) is 10.4. The normalized spacial score (nSPS) is 11.1. The number of benzene rings is 3. The van der Waals surface area contributed by atoms with Crippen molar-refractivity contribution in [1.29, 1.82) is 0 Å². The van der Waals surface area contributed by atoms with Crippen molar-refractivity contribution in [2.45, 2.75) is 39.8 Å². The van der Waals surface area contributed by atoms with Gasteiger partial charge in [0.1, 0.15) is 0 Å². The van der Waals surface area contributed by atoms with E-state index in [1.807, 2.05) is 69.9 Å². The third-order valence-corrected chi connectivity index (χ3v) is 5.99.